The number of anilines is 1. The van der Waals surface area contributed by atoms with Crippen molar-refractivity contribution in [3.8, 4) is 5.75 Å². The number of esters is 1. The smallest absolute Gasteiger partial charge is 0.311 e. The van der Waals surface area contributed by atoms with Gasteiger partial charge in [0.15, 0.2) is 0 Å². The second-order valence-corrected chi connectivity index (χ2v) is 7.25. The minimum Gasteiger partial charge on any atom is -0.426 e. The van der Waals surface area contributed by atoms with Crippen molar-refractivity contribution in [2.45, 2.75) is 45.4 Å². The maximum atomic E-state index is 12.6. The summed E-state index contributed by atoms with van der Waals surface area (Å²) in [6.45, 7) is 2.53. The van der Waals surface area contributed by atoms with Crippen molar-refractivity contribution in [3.63, 3.8) is 0 Å². The van der Waals surface area contributed by atoms with E-state index < -0.39 is 5.97 Å². The van der Waals surface area contributed by atoms with Crippen molar-refractivity contribution in [2.24, 2.45) is 0 Å². The third-order valence-corrected chi connectivity index (χ3v) is 5.01. The molecular formula is C23H26N2O4. The number of ether oxygens (including phenoxy) is 1. The van der Waals surface area contributed by atoms with Crippen LogP contribution >= 0.6 is 0 Å². The van der Waals surface area contributed by atoms with Crippen molar-refractivity contribution in [2.75, 3.05) is 12.3 Å². The highest BCUT2D eigenvalue weighted by atomic mass is 16.5. The van der Waals surface area contributed by atoms with Crippen LogP contribution in [-0.4, -0.2) is 29.2 Å². The van der Waals surface area contributed by atoms with E-state index in [4.69, 9.17) is 10.5 Å². The average molecular weight is 394 g/mol. The van der Waals surface area contributed by atoms with Crippen LogP contribution in [0.5, 0.6) is 5.75 Å². The van der Waals surface area contributed by atoms with Gasteiger partial charge in [-0.05, 0) is 48.7 Å². The third kappa shape index (κ3) is 5.02. The first kappa shape index (κ1) is 20.6. The Morgan fingerprint density at radius 1 is 0.966 bits per heavy atom. The molecule has 6 nitrogen and oxygen atoms in total. The van der Waals surface area contributed by atoms with E-state index in [1.54, 1.807) is 24.3 Å². The highest BCUT2D eigenvalue weighted by Gasteiger charge is 2.35. The number of aryl methyl sites for hydroxylation is 1. The molecule has 6 heteroatoms. The van der Waals surface area contributed by atoms with Gasteiger partial charge in [-0.15, -0.1) is 0 Å². The Bertz CT molecular complexity index is 906. The predicted molar refractivity (Wildman–Crippen MR) is 111 cm³/mol. The SMILES string of the molecule is CCCCCCN1C(=O)c2ccc(OC(=O)CCc3ccc(N)cc3)cc2C1=O. The number of unbranched alkanes of at least 4 members (excludes halogenated alkanes) is 3. The van der Waals surface area contributed by atoms with Gasteiger partial charge in [0, 0.05) is 18.7 Å². The molecule has 2 amide bonds. The number of nitrogen functional groups attached to an aromatic ring is 1. The first-order valence-electron chi connectivity index (χ1n) is 10.0. The average Bonchev–Trinajstić information content (AvgIpc) is 2.95. The number of carbonyl (C=O) groups excluding carboxylic acids is 3. The number of hydrogen-bond acceptors (Lipinski definition) is 5. The summed E-state index contributed by atoms with van der Waals surface area (Å²) in [5.41, 5.74) is 7.99. The molecule has 1 aliphatic heterocycles. The molecule has 0 aromatic heterocycles. The second kappa shape index (κ2) is 9.37. The van der Waals surface area contributed by atoms with Crippen LogP contribution in [0.25, 0.3) is 0 Å². The molecule has 0 saturated carbocycles. The molecule has 2 N–H and O–H groups in total. The van der Waals surface area contributed by atoms with Crippen LogP contribution in [0.4, 0.5) is 5.69 Å². The maximum Gasteiger partial charge on any atom is 0.311 e. The molecule has 0 bridgehead atoms. The van der Waals surface area contributed by atoms with Gasteiger partial charge in [-0.2, -0.15) is 0 Å². The summed E-state index contributed by atoms with van der Waals surface area (Å²) >= 11 is 0. The maximum absolute atomic E-state index is 12.6. The van der Waals surface area contributed by atoms with E-state index in [1.165, 1.54) is 11.0 Å². The Hall–Kier alpha value is -3.15. The lowest BCUT2D eigenvalue weighted by atomic mass is 10.1. The molecule has 0 spiro atoms. The Morgan fingerprint density at radius 3 is 2.41 bits per heavy atom. The number of benzene rings is 2. The zero-order chi connectivity index (χ0) is 20.8. The summed E-state index contributed by atoms with van der Waals surface area (Å²) in [7, 11) is 0. The number of hydrogen-bond donors (Lipinski definition) is 1. The van der Waals surface area contributed by atoms with E-state index in [-0.39, 0.29) is 24.0 Å². The Balaban J connectivity index is 1.59. The fourth-order valence-corrected chi connectivity index (χ4v) is 3.35. The van der Waals surface area contributed by atoms with Gasteiger partial charge in [-0.3, -0.25) is 19.3 Å². The molecule has 0 saturated heterocycles. The van der Waals surface area contributed by atoms with Crippen molar-refractivity contribution in [3.05, 3.63) is 59.2 Å². The lowest BCUT2D eigenvalue weighted by Gasteiger charge is -2.13. The fraction of sp³-hybridized carbons (Fsp3) is 0.348. The molecule has 152 valence electrons. The van der Waals surface area contributed by atoms with E-state index in [0.29, 0.717) is 29.8 Å². The summed E-state index contributed by atoms with van der Waals surface area (Å²) in [4.78, 5) is 38.5. The molecule has 3 rings (SSSR count). The van der Waals surface area contributed by atoms with Gasteiger partial charge in [-0.25, -0.2) is 0 Å². The first-order valence-corrected chi connectivity index (χ1v) is 10.0. The summed E-state index contributed by atoms with van der Waals surface area (Å²) < 4.78 is 5.37. The molecule has 0 fully saturated rings. The zero-order valence-corrected chi connectivity index (χ0v) is 16.6. The van der Waals surface area contributed by atoms with Crippen LogP contribution in [0.2, 0.25) is 0 Å². The molecular weight excluding hydrogens is 368 g/mol. The highest BCUT2D eigenvalue weighted by Crippen LogP contribution is 2.27. The molecule has 2 aromatic rings. The van der Waals surface area contributed by atoms with Gasteiger partial charge in [0.25, 0.3) is 11.8 Å². The summed E-state index contributed by atoms with van der Waals surface area (Å²) in [6, 6.07) is 11.9. The standard InChI is InChI=1S/C23H26N2O4/c1-2-3-4-5-14-25-22(27)19-12-11-18(15-20(19)23(25)28)29-21(26)13-8-16-6-9-17(24)10-7-16/h6-7,9-12,15H,2-5,8,13-14,24H2,1H3. The van der Waals surface area contributed by atoms with Crippen LogP contribution in [0.15, 0.2) is 42.5 Å². The number of amides is 2. The largest absolute Gasteiger partial charge is 0.426 e. The minimum absolute atomic E-state index is 0.206. The fourth-order valence-electron chi connectivity index (χ4n) is 3.35. The molecule has 1 aliphatic rings. The number of nitrogens with two attached hydrogens (primary N) is 1. The molecule has 0 atom stereocenters. The first-order chi connectivity index (χ1) is 14.0. The number of nitrogens with zero attached hydrogens (tertiary/aromatic N) is 1. The molecule has 2 aromatic carbocycles. The number of carbonyl (C=O) groups is 3. The van der Waals surface area contributed by atoms with Crippen LogP contribution in [0.3, 0.4) is 0 Å². The summed E-state index contributed by atoms with van der Waals surface area (Å²) in [6.07, 6.45) is 4.70. The van der Waals surface area contributed by atoms with Crippen LogP contribution in [0.1, 0.15) is 65.3 Å². The van der Waals surface area contributed by atoms with Crippen molar-refractivity contribution >= 4 is 23.5 Å². The van der Waals surface area contributed by atoms with Crippen molar-refractivity contribution in [1.82, 2.24) is 4.90 Å². The van der Waals surface area contributed by atoms with E-state index in [2.05, 4.69) is 6.92 Å². The Morgan fingerprint density at radius 2 is 1.69 bits per heavy atom. The van der Waals surface area contributed by atoms with Gasteiger partial charge >= 0.3 is 5.97 Å². The van der Waals surface area contributed by atoms with Crippen molar-refractivity contribution < 1.29 is 19.1 Å². The van der Waals surface area contributed by atoms with Crippen LogP contribution in [0, 0.1) is 0 Å². The van der Waals surface area contributed by atoms with E-state index in [1.807, 2.05) is 12.1 Å². The zero-order valence-electron chi connectivity index (χ0n) is 16.6. The van der Waals surface area contributed by atoms with Gasteiger partial charge < -0.3 is 10.5 Å². The summed E-state index contributed by atoms with van der Waals surface area (Å²) in [5.74, 6) is -0.709. The molecule has 1 heterocycles. The summed E-state index contributed by atoms with van der Waals surface area (Å²) in [5, 5.41) is 0. The van der Waals surface area contributed by atoms with E-state index in [0.717, 1.165) is 31.2 Å². The number of imide groups is 1. The van der Waals surface area contributed by atoms with Crippen LogP contribution in [-0.2, 0) is 11.2 Å². The van der Waals surface area contributed by atoms with Gasteiger partial charge in [0.1, 0.15) is 5.75 Å². The van der Waals surface area contributed by atoms with Gasteiger partial charge in [0.2, 0.25) is 0 Å². The van der Waals surface area contributed by atoms with E-state index in [9.17, 15) is 14.4 Å². The molecule has 0 radical (unpaired) electrons. The predicted octanol–water partition coefficient (Wildman–Crippen LogP) is 3.98. The number of fused-ring (bicyclic) bond motifs is 1. The lowest BCUT2D eigenvalue weighted by molar-refractivity contribution is -0.134. The quantitative estimate of drug-likeness (QED) is 0.228. The second-order valence-electron chi connectivity index (χ2n) is 7.25. The topological polar surface area (TPSA) is 89.7 Å². The third-order valence-electron chi connectivity index (χ3n) is 5.01. The van der Waals surface area contributed by atoms with Crippen LogP contribution < -0.4 is 10.5 Å². The monoisotopic (exact) mass is 394 g/mol. The normalized spacial score (nSPS) is 12.9. The molecule has 29 heavy (non-hydrogen) atoms. The Kier molecular flexibility index (Phi) is 6.65. The Labute approximate surface area is 170 Å². The molecule has 0 aliphatic carbocycles. The van der Waals surface area contributed by atoms with E-state index >= 15 is 0 Å². The van der Waals surface area contributed by atoms with Gasteiger partial charge in [-0.1, -0.05) is 38.3 Å². The lowest BCUT2D eigenvalue weighted by Crippen LogP contribution is -2.30. The van der Waals surface area contributed by atoms with Gasteiger partial charge in [0.05, 0.1) is 11.1 Å². The highest BCUT2D eigenvalue weighted by molar-refractivity contribution is 6.21. The number of rotatable bonds is 9. The van der Waals surface area contributed by atoms with Crippen molar-refractivity contribution in [1.29, 1.82) is 0 Å². The molecule has 0 unspecified atom stereocenters. The minimum atomic E-state index is -0.394.